The van der Waals surface area contributed by atoms with Gasteiger partial charge >= 0.3 is 5.97 Å². The molecule has 9 nitrogen and oxygen atoms in total. The van der Waals surface area contributed by atoms with Crippen molar-refractivity contribution in [1.82, 2.24) is 25.2 Å². The van der Waals surface area contributed by atoms with Crippen LogP contribution in [0.15, 0.2) is 60.8 Å². The Balaban J connectivity index is 1.38. The zero-order chi connectivity index (χ0) is 32.6. The number of aromatic amines is 1. The first-order valence-electron chi connectivity index (χ1n) is 16.6. The maximum atomic E-state index is 14.0. The van der Waals surface area contributed by atoms with Crippen LogP contribution in [-0.4, -0.2) is 38.4 Å². The van der Waals surface area contributed by atoms with Crippen molar-refractivity contribution in [1.29, 1.82) is 0 Å². The molecule has 0 spiro atoms. The van der Waals surface area contributed by atoms with Gasteiger partial charge in [-0.2, -0.15) is 0 Å². The molecule has 2 aromatic carbocycles. The molecule has 0 bridgehead atoms. The minimum atomic E-state index is -0.683. The summed E-state index contributed by atoms with van der Waals surface area (Å²) in [6.07, 6.45) is 9.14. The second-order valence-corrected chi connectivity index (χ2v) is 13.2. The van der Waals surface area contributed by atoms with E-state index in [0.717, 1.165) is 47.7 Å². The van der Waals surface area contributed by atoms with E-state index in [1.165, 1.54) is 6.42 Å². The summed E-state index contributed by atoms with van der Waals surface area (Å²) >= 11 is 0. The molecule has 1 saturated carbocycles. The van der Waals surface area contributed by atoms with Gasteiger partial charge in [0.1, 0.15) is 18.5 Å². The molecular weight excluding hydrogens is 578 g/mol. The van der Waals surface area contributed by atoms with Crippen molar-refractivity contribution in [2.75, 3.05) is 0 Å². The number of nitrogens with one attached hydrogen (secondary N) is 3. The number of imidazole rings is 1. The van der Waals surface area contributed by atoms with Crippen LogP contribution in [0.2, 0.25) is 0 Å². The number of esters is 1. The number of aromatic nitrogens is 3. The lowest BCUT2D eigenvalue weighted by atomic mass is 9.86. The minimum absolute atomic E-state index is 0.0735. The Labute approximate surface area is 271 Å². The molecule has 1 aliphatic rings. The Kier molecular flexibility index (Phi) is 10.9. The van der Waals surface area contributed by atoms with Crippen molar-refractivity contribution in [3.05, 3.63) is 89.1 Å². The number of aryl methyl sites for hydroxylation is 2. The molecule has 0 saturated heterocycles. The lowest BCUT2D eigenvalue weighted by Crippen LogP contribution is -2.49. The number of ether oxygens (including phenoxy) is 1. The van der Waals surface area contributed by atoms with Gasteiger partial charge in [-0.1, -0.05) is 81.6 Å². The summed E-state index contributed by atoms with van der Waals surface area (Å²) < 4.78 is 7.64. The van der Waals surface area contributed by atoms with Crippen molar-refractivity contribution >= 4 is 28.7 Å². The predicted molar refractivity (Wildman–Crippen MR) is 179 cm³/mol. The number of carbonyl (C=O) groups excluding carboxylic acids is 3. The summed E-state index contributed by atoms with van der Waals surface area (Å²) in [5, 5.41) is 7.33. The van der Waals surface area contributed by atoms with Crippen molar-refractivity contribution < 1.29 is 19.1 Å². The maximum Gasteiger partial charge on any atom is 0.359 e. The third-order valence-electron chi connectivity index (χ3n) is 8.92. The highest BCUT2D eigenvalue weighted by molar-refractivity contribution is 5.89. The van der Waals surface area contributed by atoms with Crippen LogP contribution in [0.25, 0.3) is 10.9 Å². The molecule has 0 radical (unpaired) electrons. The Bertz CT molecular complexity index is 1630. The zero-order valence-corrected chi connectivity index (χ0v) is 27.5. The van der Waals surface area contributed by atoms with Crippen LogP contribution in [0.1, 0.15) is 98.0 Å². The predicted octanol–water partition coefficient (Wildman–Crippen LogP) is 6.47. The molecule has 9 heteroatoms. The molecule has 0 unspecified atom stereocenters. The van der Waals surface area contributed by atoms with Crippen LogP contribution in [0.5, 0.6) is 0 Å². The smallest absolute Gasteiger partial charge is 0.359 e. The Morgan fingerprint density at radius 1 is 1.00 bits per heavy atom. The Morgan fingerprint density at radius 2 is 1.72 bits per heavy atom. The van der Waals surface area contributed by atoms with E-state index in [4.69, 9.17) is 4.74 Å². The Morgan fingerprint density at radius 3 is 2.46 bits per heavy atom. The molecule has 46 heavy (non-hydrogen) atoms. The van der Waals surface area contributed by atoms with E-state index in [1.807, 2.05) is 63.4 Å². The van der Waals surface area contributed by atoms with Crippen LogP contribution >= 0.6 is 0 Å². The topological polar surface area (TPSA) is 118 Å². The van der Waals surface area contributed by atoms with Gasteiger partial charge in [0, 0.05) is 42.7 Å². The van der Waals surface area contributed by atoms with Gasteiger partial charge in [-0.25, -0.2) is 9.78 Å². The van der Waals surface area contributed by atoms with Gasteiger partial charge in [-0.05, 0) is 55.2 Å². The first-order chi connectivity index (χ1) is 22.2. The van der Waals surface area contributed by atoms with Crippen molar-refractivity contribution in [2.24, 2.45) is 18.9 Å². The summed E-state index contributed by atoms with van der Waals surface area (Å²) in [7, 11) is 2.00. The lowest BCUT2D eigenvalue weighted by Gasteiger charge is -2.25. The largest absolute Gasteiger partial charge is 0.456 e. The molecule has 0 aliphatic heterocycles. The number of rotatable bonds is 13. The molecule has 1 fully saturated rings. The lowest BCUT2D eigenvalue weighted by molar-refractivity contribution is -0.130. The fourth-order valence-corrected chi connectivity index (χ4v) is 6.54. The molecule has 4 aromatic rings. The van der Waals surface area contributed by atoms with Gasteiger partial charge in [0.15, 0.2) is 5.69 Å². The number of hydrogen-bond donors (Lipinski definition) is 3. The number of carbonyl (C=O) groups is 3. The molecule has 2 heterocycles. The highest BCUT2D eigenvalue weighted by atomic mass is 16.5. The van der Waals surface area contributed by atoms with Crippen LogP contribution in [0.3, 0.4) is 0 Å². The highest BCUT2D eigenvalue weighted by Gasteiger charge is 2.29. The molecule has 2 aromatic heterocycles. The SMILES string of the molecule is Cc1[nH]c([C@@H](Cc2cn(C)c3ccccc23)NC(=O)[C@H](CC(C)C)NC(=O)CC2CCCCC2)nc1C(=O)OCc1ccccc1. The van der Waals surface area contributed by atoms with E-state index in [9.17, 15) is 14.4 Å². The fourth-order valence-electron chi connectivity index (χ4n) is 6.54. The van der Waals surface area contributed by atoms with Gasteiger partial charge < -0.3 is 24.9 Å². The van der Waals surface area contributed by atoms with Crippen LogP contribution in [-0.2, 0) is 34.4 Å². The summed E-state index contributed by atoms with van der Waals surface area (Å²) in [6, 6.07) is 16.4. The van der Waals surface area contributed by atoms with E-state index in [2.05, 4.69) is 43.5 Å². The minimum Gasteiger partial charge on any atom is -0.456 e. The van der Waals surface area contributed by atoms with Crippen LogP contribution in [0, 0.1) is 18.8 Å². The third-order valence-corrected chi connectivity index (χ3v) is 8.92. The van der Waals surface area contributed by atoms with E-state index < -0.39 is 18.1 Å². The number of hydrogen-bond acceptors (Lipinski definition) is 5. The first kappa shape index (κ1) is 33.0. The average Bonchev–Trinajstić information content (AvgIpc) is 3.59. The standard InChI is InChI=1S/C37H47N5O4/c1-24(2)19-31(39-33(43)20-26-13-7-5-8-14-26)36(44)40-30(21-28-22-42(4)32-18-12-11-17-29(28)32)35-38-25(3)34(41-35)37(45)46-23-27-15-9-6-10-16-27/h6,9-12,15-18,22,24,26,30-31H,5,7-8,13-14,19-21,23H2,1-4H3,(H,38,41)(H,39,43)(H,40,44)/t30-,31+/m1/s1. The normalized spacial score (nSPS) is 15.1. The average molecular weight is 626 g/mol. The monoisotopic (exact) mass is 625 g/mol. The number of benzene rings is 2. The number of nitrogens with zero attached hydrogens (tertiary/aromatic N) is 2. The molecule has 3 N–H and O–H groups in total. The number of fused-ring (bicyclic) bond motifs is 1. The maximum absolute atomic E-state index is 14.0. The quantitative estimate of drug-likeness (QED) is 0.147. The number of para-hydroxylation sites is 1. The second-order valence-electron chi connectivity index (χ2n) is 13.2. The summed E-state index contributed by atoms with van der Waals surface area (Å²) in [6.45, 7) is 6.00. The summed E-state index contributed by atoms with van der Waals surface area (Å²) in [5.74, 6) is 0.156. The van der Waals surface area contributed by atoms with Gasteiger partial charge in [-0.15, -0.1) is 0 Å². The zero-order valence-electron chi connectivity index (χ0n) is 27.5. The summed E-state index contributed by atoms with van der Waals surface area (Å²) in [5.41, 5.74) is 3.74. The first-order valence-corrected chi connectivity index (χ1v) is 16.6. The van der Waals surface area contributed by atoms with Gasteiger partial charge in [0.25, 0.3) is 0 Å². The van der Waals surface area contributed by atoms with E-state index >= 15 is 0 Å². The number of H-pyrrole nitrogens is 1. The Hall–Kier alpha value is -4.40. The van der Waals surface area contributed by atoms with Crippen LogP contribution in [0.4, 0.5) is 0 Å². The second kappa shape index (κ2) is 15.3. The number of amides is 2. The van der Waals surface area contributed by atoms with Crippen LogP contribution < -0.4 is 10.6 Å². The fraction of sp³-hybridized carbons (Fsp3) is 0.459. The molecule has 1 aliphatic carbocycles. The van der Waals surface area contributed by atoms with E-state index in [0.29, 0.717) is 36.7 Å². The molecule has 244 valence electrons. The van der Waals surface area contributed by atoms with Gasteiger partial charge in [-0.3, -0.25) is 9.59 Å². The third kappa shape index (κ3) is 8.44. The molecule has 2 amide bonds. The highest BCUT2D eigenvalue weighted by Crippen LogP contribution is 2.28. The van der Waals surface area contributed by atoms with E-state index in [-0.39, 0.29) is 30.0 Å². The summed E-state index contributed by atoms with van der Waals surface area (Å²) in [4.78, 5) is 48.1. The van der Waals surface area contributed by atoms with Crippen molar-refractivity contribution in [3.63, 3.8) is 0 Å². The van der Waals surface area contributed by atoms with Crippen molar-refractivity contribution in [2.45, 2.75) is 90.8 Å². The van der Waals surface area contributed by atoms with E-state index in [1.54, 1.807) is 6.92 Å². The molecular formula is C37H47N5O4. The molecule has 2 atom stereocenters. The molecule has 5 rings (SSSR count). The van der Waals surface area contributed by atoms with Gasteiger partial charge in [0.05, 0.1) is 6.04 Å². The van der Waals surface area contributed by atoms with Gasteiger partial charge in [0.2, 0.25) is 11.8 Å². The van der Waals surface area contributed by atoms with Crippen molar-refractivity contribution in [3.8, 4) is 0 Å².